The van der Waals surface area contributed by atoms with E-state index < -0.39 is 0 Å². The number of amides is 1. The van der Waals surface area contributed by atoms with Crippen molar-refractivity contribution in [1.82, 2.24) is 0 Å². The van der Waals surface area contributed by atoms with Crippen molar-refractivity contribution in [3.05, 3.63) is 47.5 Å². The Morgan fingerprint density at radius 2 is 1.90 bits per heavy atom. The Balaban J connectivity index is 0.000000774. The minimum Gasteiger partial charge on any atom is -0.399 e. The third-order valence-electron chi connectivity index (χ3n) is 3.28. The predicted molar refractivity (Wildman–Crippen MR) is 89.0 cm³/mol. The third kappa shape index (κ3) is 3.34. The van der Waals surface area contributed by atoms with Gasteiger partial charge in [-0.3, -0.25) is 4.79 Å². The van der Waals surface area contributed by atoms with Gasteiger partial charge >= 0.3 is 0 Å². The Labute approximate surface area is 125 Å². The number of nitrogen functional groups attached to an aromatic ring is 1. The van der Waals surface area contributed by atoms with Gasteiger partial charge in [-0.1, -0.05) is 26.0 Å². The monoisotopic (exact) mass is 283 g/mol. The maximum absolute atomic E-state index is 11.3. The highest BCUT2D eigenvalue weighted by Gasteiger charge is 2.17. The molecule has 0 atom stereocenters. The summed E-state index contributed by atoms with van der Waals surface area (Å²) in [4.78, 5) is 11.3. The van der Waals surface area contributed by atoms with Crippen LogP contribution in [0.3, 0.4) is 0 Å². The van der Waals surface area contributed by atoms with Crippen LogP contribution in [-0.2, 0) is 11.2 Å². The number of fused-ring (bicyclic) bond motifs is 1. The fourth-order valence-corrected chi connectivity index (χ4v) is 2.22. The Bertz CT molecular complexity index is 665. The molecular formula is C17H21N3O. The average Bonchev–Trinajstić information content (AvgIpc) is 2.84. The minimum atomic E-state index is 0.0484. The second kappa shape index (κ2) is 6.31. The van der Waals surface area contributed by atoms with Gasteiger partial charge in [0.15, 0.2) is 0 Å². The molecule has 0 unspecified atom stereocenters. The number of aryl methyl sites for hydroxylation is 1. The van der Waals surface area contributed by atoms with Crippen molar-refractivity contribution in [3.63, 3.8) is 0 Å². The van der Waals surface area contributed by atoms with E-state index in [0.717, 1.165) is 33.9 Å². The lowest BCUT2D eigenvalue weighted by Gasteiger charge is -2.11. The van der Waals surface area contributed by atoms with Gasteiger partial charge in [-0.2, -0.15) is 0 Å². The van der Waals surface area contributed by atoms with Crippen molar-refractivity contribution in [1.29, 1.82) is 0 Å². The Morgan fingerprint density at radius 3 is 2.67 bits per heavy atom. The third-order valence-corrected chi connectivity index (χ3v) is 3.28. The zero-order chi connectivity index (χ0) is 15.4. The molecule has 1 amide bonds. The van der Waals surface area contributed by atoms with Crippen LogP contribution < -0.4 is 16.4 Å². The molecule has 1 heterocycles. The summed E-state index contributed by atoms with van der Waals surface area (Å²) in [6.45, 7) is 6.02. The van der Waals surface area contributed by atoms with E-state index in [1.54, 1.807) is 0 Å². The molecule has 21 heavy (non-hydrogen) atoms. The molecule has 4 N–H and O–H groups in total. The van der Waals surface area contributed by atoms with Crippen LogP contribution in [0.5, 0.6) is 0 Å². The van der Waals surface area contributed by atoms with E-state index in [2.05, 4.69) is 10.6 Å². The van der Waals surface area contributed by atoms with E-state index in [1.165, 1.54) is 0 Å². The molecule has 0 fully saturated rings. The summed E-state index contributed by atoms with van der Waals surface area (Å²) in [5.41, 5.74) is 11.5. The zero-order valence-corrected chi connectivity index (χ0v) is 12.7. The number of benzene rings is 2. The molecule has 0 spiro atoms. The standard InChI is InChI=1S/C15H15N3O.C2H6/c1-9-2-4-11(16)7-13(9)17-12-5-3-10-6-15(19)18-14(10)8-12;1-2/h2-5,7-8,17H,6,16H2,1H3,(H,18,19);1-2H3. The van der Waals surface area contributed by atoms with E-state index in [4.69, 9.17) is 5.73 Å². The number of carbonyl (C=O) groups excluding carboxylic acids is 1. The van der Waals surface area contributed by atoms with Crippen LogP contribution in [-0.4, -0.2) is 5.91 Å². The predicted octanol–water partition coefficient (Wildman–Crippen LogP) is 3.84. The summed E-state index contributed by atoms with van der Waals surface area (Å²) in [5.74, 6) is 0.0484. The number of hydrogen-bond acceptors (Lipinski definition) is 3. The van der Waals surface area contributed by atoms with Crippen LogP contribution in [0.15, 0.2) is 36.4 Å². The van der Waals surface area contributed by atoms with E-state index in [0.29, 0.717) is 6.42 Å². The van der Waals surface area contributed by atoms with Crippen LogP contribution in [0.25, 0.3) is 0 Å². The van der Waals surface area contributed by atoms with Gasteiger partial charge in [0.2, 0.25) is 5.91 Å². The van der Waals surface area contributed by atoms with Crippen molar-refractivity contribution < 1.29 is 4.79 Å². The molecule has 4 nitrogen and oxygen atoms in total. The molecule has 110 valence electrons. The first kappa shape index (κ1) is 14.9. The van der Waals surface area contributed by atoms with E-state index in [-0.39, 0.29) is 5.91 Å². The zero-order valence-electron chi connectivity index (χ0n) is 12.7. The lowest BCUT2D eigenvalue weighted by Crippen LogP contribution is -2.03. The van der Waals surface area contributed by atoms with Crippen LogP contribution in [0.1, 0.15) is 25.0 Å². The topological polar surface area (TPSA) is 67.2 Å². The first-order valence-electron chi connectivity index (χ1n) is 7.18. The normalized spacial score (nSPS) is 12.0. The summed E-state index contributed by atoms with van der Waals surface area (Å²) in [5, 5.41) is 6.17. The largest absolute Gasteiger partial charge is 0.399 e. The summed E-state index contributed by atoms with van der Waals surface area (Å²) in [6, 6.07) is 11.7. The first-order chi connectivity index (χ1) is 10.1. The van der Waals surface area contributed by atoms with Crippen molar-refractivity contribution >= 4 is 28.7 Å². The van der Waals surface area contributed by atoms with Gasteiger partial charge < -0.3 is 16.4 Å². The highest BCUT2D eigenvalue weighted by atomic mass is 16.1. The Kier molecular flexibility index (Phi) is 4.48. The van der Waals surface area contributed by atoms with Crippen molar-refractivity contribution in [3.8, 4) is 0 Å². The summed E-state index contributed by atoms with van der Waals surface area (Å²) in [7, 11) is 0. The SMILES string of the molecule is CC.Cc1ccc(N)cc1Nc1ccc2c(c1)NC(=O)C2. The molecule has 4 heteroatoms. The highest BCUT2D eigenvalue weighted by Crippen LogP contribution is 2.29. The van der Waals surface area contributed by atoms with Crippen LogP contribution >= 0.6 is 0 Å². The molecule has 1 aliphatic rings. The lowest BCUT2D eigenvalue weighted by molar-refractivity contribution is -0.115. The summed E-state index contributed by atoms with van der Waals surface area (Å²) >= 11 is 0. The lowest BCUT2D eigenvalue weighted by atomic mass is 10.1. The quantitative estimate of drug-likeness (QED) is 0.733. The van der Waals surface area contributed by atoms with Crippen molar-refractivity contribution in [2.24, 2.45) is 0 Å². The molecule has 3 rings (SSSR count). The molecule has 0 radical (unpaired) electrons. The second-order valence-electron chi connectivity index (χ2n) is 4.80. The van der Waals surface area contributed by atoms with E-state index in [1.807, 2.05) is 57.2 Å². The average molecular weight is 283 g/mol. The van der Waals surface area contributed by atoms with Gasteiger partial charge in [0, 0.05) is 22.7 Å². The number of carbonyl (C=O) groups is 1. The molecule has 1 aliphatic heterocycles. The molecule has 0 aromatic heterocycles. The summed E-state index contributed by atoms with van der Waals surface area (Å²) in [6.07, 6.45) is 0.465. The smallest absolute Gasteiger partial charge is 0.228 e. The molecule has 0 saturated carbocycles. The van der Waals surface area contributed by atoms with E-state index >= 15 is 0 Å². The van der Waals surface area contributed by atoms with Crippen molar-refractivity contribution in [2.45, 2.75) is 27.2 Å². The van der Waals surface area contributed by atoms with Crippen molar-refractivity contribution in [2.75, 3.05) is 16.4 Å². The number of anilines is 4. The number of hydrogen-bond donors (Lipinski definition) is 3. The van der Waals surface area contributed by atoms with Gasteiger partial charge in [0.25, 0.3) is 0 Å². The van der Waals surface area contributed by atoms with Gasteiger partial charge in [-0.15, -0.1) is 0 Å². The fourth-order valence-electron chi connectivity index (χ4n) is 2.22. The molecule has 0 aliphatic carbocycles. The molecule has 0 saturated heterocycles. The maximum atomic E-state index is 11.3. The van der Waals surface area contributed by atoms with Gasteiger partial charge in [-0.05, 0) is 42.3 Å². The number of nitrogens with two attached hydrogens (primary N) is 1. The fraction of sp³-hybridized carbons (Fsp3) is 0.235. The molecular weight excluding hydrogens is 262 g/mol. The van der Waals surface area contributed by atoms with Gasteiger partial charge in [-0.25, -0.2) is 0 Å². The maximum Gasteiger partial charge on any atom is 0.228 e. The molecule has 2 aromatic rings. The molecule has 0 bridgehead atoms. The van der Waals surface area contributed by atoms with Crippen LogP contribution in [0.4, 0.5) is 22.7 Å². The summed E-state index contributed by atoms with van der Waals surface area (Å²) < 4.78 is 0. The Hall–Kier alpha value is -2.49. The second-order valence-corrected chi connectivity index (χ2v) is 4.80. The Morgan fingerprint density at radius 1 is 1.14 bits per heavy atom. The van der Waals surface area contributed by atoms with Crippen LogP contribution in [0.2, 0.25) is 0 Å². The van der Waals surface area contributed by atoms with Gasteiger partial charge in [0.05, 0.1) is 6.42 Å². The van der Waals surface area contributed by atoms with E-state index in [9.17, 15) is 4.79 Å². The minimum absolute atomic E-state index is 0.0484. The highest BCUT2D eigenvalue weighted by molar-refractivity contribution is 5.99. The van der Waals surface area contributed by atoms with Gasteiger partial charge in [0.1, 0.15) is 0 Å². The number of nitrogens with one attached hydrogen (secondary N) is 2. The van der Waals surface area contributed by atoms with Crippen LogP contribution in [0, 0.1) is 6.92 Å². The first-order valence-corrected chi connectivity index (χ1v) is 7.18. The molecule has 2 aromatic carbocycles. The number of rotatable bonds is 2.